The molecule has 0 aliphatic rings. The molecule has 0 aliphatic heterocycles. The van der Waals surface area contributed by atoms with Gasteiger partial charge in [0.1, 0.15) is 17.9 Å². The number of rotatable bonds is 6. The summed E-state index contributed by atoms with van der Waals surface area (Å²) < 4.78 is 10.1. The standard InChI is InChI=1S/C21H18N2O5/c1-27-20(25)13-22-21(26)14-6-8-16(9-7-14)23-19(24)11-10-17-12-15-4-2-3-5-18(15)28-17/h2-12H,13H2,1H3,(H,22,26)(H,23,24)/b11-10+. The second-order valence-corrected chi connectivity index (χ2v) is 5.85. The number of hydrogen-bond acceptors (Lipinski definition) is 5. The van der Waals surface area contributed by atoms with Crippen LogP contribution in [0.15, 0.2) is 65.1 Å². The van der Waals surface area contributed by atoms with Gasteiger partial charge in [-0.15, -0.1) is 0 Å². The maximum Gasteiger partial charge on any atom is 0.325 e. The van der Waals surface area contributed by atoms with Gasteiger partial charge in [-0.25, -0.2) is 0 Å². The molecule has 28 heavy (non-hydrogen) atoms. The first kappa shape index (κ1) is 18.9. The molecule has 142 valence electrons. The molecule has 7 nitrogen and oxygen atoms in total. The number of benzene rings is 2. The van der Waals surface area contributed by atoms with E-state index in [0.717, 1.165) is 11.0 Å². The Kier molecular flexibility index (Phi) is 5.86. The Morgan fingerprint density at radius 3 is 2.54 bits per heavy atom. The van der Waals surface area contributed by atoms with Gasteiger partial charge in [-0.1, -0.05) is 18.2 Å². The van der Waals surface area contributed by atoms with E-state index in [1.807, 2.05) is 30.3 Å². The van der Waals surface area contributed by atoms with Crippen LogP contribution >= 0.6 is 0 Å². The Labute approximate surface area is 161 Å². The summed E-state index contributed by atoms with van der Waals surface area (Å²) >= 11 is 0. The molecular formula is C21H18N2O5. The number of ether oxygens (including phenoxy) is 1. The lowest BCUT2D eigenvalue weighted by atomic mass is 10.2. The summed E-state index contributed by atoms with van der Waals surface area (Å²) in [5.74, 6) is -0.696. The SMILES string of the molecule is COC(=O)CNC(=O)c1ccc(NC(=O)/C=C/c2cc3ccccc3o2)cc1. The molecule has 0 bridgehead atoms. The summed E-state index contributed by atoms with van der Waals surface area (Å²) in [6.45, 7) is -0.208. The predicted octanol–water partition coefficient (Wildman–Crippen LogP) is 2.99. The summed E-state index contributed by atoms with van der Waals surface area (Å²) in [4.78, 5) is 35.0. The van der Waals surface area contributed by atoms with Crippen molar-refractivity contribution in [3.05, 3.63) is 72.0 Å². The molecule has 1 heterocycles. The minimum atomic E-state index is -0.534. The fourth-order valence-electron chi connectivity index (χ4n) is 2.46. The van der Waals surface area contributed by atoms with Crippen LogP contribution in [0.2, 0.25) is 0 Å². The first-order chi connectivity index (χ1) is 13.5. The molecule has 3 rings (SSSR count). The maximum atomic E-state index is 12.1. The Morgan fingerprint density at radius 2 is 1.82 bits per heavy atom. The fraction of sp³-hybridized carbons (Fsp3) is 0.0952. The average Bonchev–Trinajstić information content (AvgIpc) is 3.14. The summed E-state index contributed by atoms with van der Waals surface area (Å²) in [5.41, 5.74) is 1.65. The molecule has 7 heteroatoms. The van der Waals surface area contributed by atoms with Crippen LogP contribution < -0.4 is 10.6 Å². The molecule has 0 radical (unpaired) electrons. The van der Waals surface area contributed by atoms with E-state index in [1.54, 1.807) is 30.3 Å². The number of carbonyl (C=O) groups is 3. The van der Waals surface area contributed by atoms with Crippen molar-refractivity contribution in [1.29, 1.82) is 0 Å². The van der Waals surface area contributed by atoms with Gasteiger partial charge in [0.25, 0.3) is 5.91 Å². The number of anilines is 1. The van der Waals surface area contributed by atoms with Gasteiger partial charge in [0.15, 0.2) is 0 Å². The summed E-state index contributed by atoms with van der Waals surface area (Å²) in [6, 6.07) is 15.7. The number of carbonyl (C=O) groups excluding carboxylic acids is 3. The van der Waals surface area contributed by atoms with Gasteiger partial charge in [0.2, 0.25) is 5.91 Å². The molecule has 0 unspecified atom stereocenters. The molecule has 0 aliphatic carbocycles. The van der Waals surface area contributed by atoms with Crippen molar-refractivity contribution in [2.24, 2.45) is 0 Å². The van der Waals surface area contributed by atoms with E-state index in [2.05, 4.69) is 15.4 Å². The van der Waals surface area contributed by atoms with E-state index in [-0.39, 0.29) is 12.5 Å². The van der Waals surface area contributed by atoms with Crippen molar-refractivity contribution in [2.45, 2.75) is 0 Å². The van der Waals surface area contributed by atoms with Crippen LogP contribution in [0.3, 0.4) is 0 Å². The maximum absolute atomic E-state index is 12.1. The van der Waals surface area contributed by atoms with Gasteiger partial charge in [-0.3, -0.25) is 14.4 Å². The number of fused-ring (bicyclic) bond motifs is 1. The Morgan fingerprint density at radius 1 is 1.07 bits per heavy atom. The van der Waals surface area contributed by atoms with Crippen LogP contribution in [-0.4, -0.2) is 31.4 Å². The summed E-state index contributed by atoms with van der Waals surface area (Å²) in [6.07, 6.45) is 2.96. The highest BCUT2D eigenvalue weighted by molar-refractivity contribution is 6.02. The largest absolute Gasteiger partial charge is 0.468 e. The van der Waals surface area contributed by atoms with Crippen LogP contribution in [0.1, 0.15) is 16.1 Å². The molecular weight excluding hydrogens is 360 g/mol. The van der Waals surface area contributed by atoms with E-state index >= 15 is 0 Å². The second-order valence-electron chi connectivity index (χ2n) is 5.85. The van der Waals surface area contributed by atoms with Gasteiger partial charge in [-0.2, -0.15) is 0 Å². The lowest BCUT2D eigenvalue weighted by Crippen LogP contribution is -2.30. The van der Waals surface area contributed by atoms with Crippen LogP contribution in [0.25, 0.3) is 17.0 Å². The van der Waals surface area contributed by atoms with Gasteiger partial charge in [-0.05, 0) is 42.5 Å². The Balaban J connectivity index is 1.56. The molecule has 0 fully saturated rings. The molecule has 0 saturated carbocycles. The summed E-state index contributed by atoms with van der Waals surface area (Å²) in [7, 11) is 1.24. The first-order valence-corrected chi connectivity index (χ1v) is 8.48. The van der Waals surface area contributed by atoms with E-state index in [4.69, 9.17) is 4.42 Å². The molecule has 0 saturated heterocycles. The lowest BCUT2D eigenvalue weighted by molar-refractivity contribution is -0.139. The molecule has 2 N–H and O–H groups in total. The monoisotopic (exact) mass is 378 g/mol. The Bertz CT molecular complexity index is 1000. The first-order valence-electron chi connectivity index (χ1n) is 8.48. The lowest BCUT2D eigenvalue weighted by Gasteiger charge is -2.06. The number of methoxy groups -OCH3 is 1. The van der Waals surface area contributed by atoms with Crippen LogP contribution in [0.5, 0.6) is 0 Å². The molecule has 3 aromatic rings. The number of nitrogens with one attached hydrogen (secondary N) is 2. The molecule has 1 aromatic heterocycles. The van der Waals surface area contributed by atoms with Crippen molar-refractivity contribution in [1.82, 2.24) is 5.32 Å². The van der Waals surface area contributed by atoms with Crippen LogP contribution in [0.4, 0.5) is 5.69 Å². The van der Waals surface area contributed by atoms with Gasteiger partial charge in [0.05, 0.1) is 7.11 Å². The zero-order valence-electron chi connectivity index (χ0n) is 15.1. The van der Waals surface area contributed by atoms with E-state index < -0.39 is 11.9 Å². The number of hydrogen-bond donors (Lipinski definition) is 2. The zero-order chi connectivity index (χ0) is 19.9. The third-order valence-corrected chi connectivity index (χ3v) is 3.88. The number of furan rings is 1. The van der Waals surface area contributed by atoms with Crippen molar-refractivity contribution < 1.29 is 23.5 Å². The molecule has 0 atom stereocenters. The smallest absolute Gasteiger partial charge is 0.325 e. The topological polar surface area (TPSA) is 97.6 Å². The minimum absolute atomic E-state index is 0.208. The fourth-order valence-corrected chi connectivity index (χ4v) is 2.46. The van der Waals surface area contributed by atoms with E-state index in [9.17, 15) is 14.4 Å². The second kappa shape index (κ2) is 8.68. The van der Waals surface area contributed by atoms with Crippen LogP contribution in [0, 0.1) is 0 Å². The molecule has 2 amide bonds. The van der Waals surface area contributed by atoms with Crippen LogP contribution in [-0.2, 0) is 14.3 Å². The Hall–Kier alpha value is -3.87. The highest BCUT2D eigenvalue weighted by atomic mass is 16.5. The van der Waals surface area contributed by atoms with Crippen molar-refractivity contribution in [3.63, 3.8) is 0 Å². The third-order valence-electron chi connectivity index (χ3n) is 3.88. The van der Waals surface area contributed by atoms with Gasteiger partial charge < -0.3 is 19.8 Å². The van der Waals surface area contributed by atoms with Gasteiger partial charge >= 0.3 is 5.97 Å². The highest BCUT2D eigenvalue weighted by Gasteiger charge is 2.08. The highest BCUT2D eigenvalue weighted by Crippen LogP contribution is 2.19. The van der Waals surface area contributed by atoms with E-state index in [1.165, 1.54) is 13.2 Å². The van der Waals surface area contributed by atoms with Crippen molar-refractivity contribution in [2.75, 3.05) is 19.0 Å². The molecule has 0 spiro atoms. The normalized spacial score (nSPS) is 10.8. The quantitative estimate of drug-likeness (QED) is 0.508. The molecule has 2 aromatic carbocycles. The van der Waals surface area contributed by atoms with Crippen molar-refractivity contribution in [3.8, 4) is 0 Å². The van der Waals surface area contributed by atoms with Crippen molar-refractivity contribution >= 4 is 40.5 Å². The zero-order valence-corrected chi connectivity index (χ0v) is 15.1. The minimum Gasteiger partial charge on any atom is -0.468 e. The number of para-hydroxylation sites is 1. The number of esters is 1. The predicted molar refractivity (Wildman–Crippen MR) is 105 cm³/mol. The summed E-state index contributed by atoms with van der Waals surface area (Å²) in [5, 5.41) is 6.10. The third kappa shape index (κ3) is 4.85. The number of amides is 2. The van der Waals surface area contributed by atoms with E-state index in [0.29, 0.717) is 17.0 Å². The average molecular weight is 378 g/mol. The van der Waals surface area contributed by atoms with Gasteiger partial charge in [0, 0.05) is 22.7 Å².